The van der Waals surface area contributed by atoms with E-state index in [9.17, 15) is 8.42 Å². The monoisotopic (exact) mass is 309 g/mol. The van der Waals surface area contributed by atoms with Crippen molar-refractivity contribution in [1.29, 1.82) is 0 Å². The van der Waals surface area contributed by atoms with E-state index in [-0.39, 0.29) is 10.9 Å². The van der Waals surface area contributed by atoms with Crippen LogP contribution in [0.25, 0.3) is 0 Å². The maximum absolute atomic E-state index is 12.4. The third-order valence-corrected chi connectivity index (χ3v) is 5.87. The van der Waals surface area contributed by atoms with Crippen LogP contribution in [0.15, 0.2) is 34.7 Å². The van der Waals surface area contributed by atoms with Gasteiger partial charge in [-0.2, -0.15) is 0 Å². The fourth-order valence-corrected chi connectivity index (χ4v) is 4.60. The summed E-state index contributed by atoms with van der Waals surface area (Å²) in [5, 5.41) is 2.02. The molecule has 0 saturated heterocycles. The van der Waals surface area contributed by atoms with E-state index < -0.39 is 10.0 Å². The van der Waals surface area contributed by atoms with Gasteiger partial charge in [0.1, 0.15) is 10.7 Å². The van der Waals surface area contributed by atoms with Gasteiger partial charge in [-0.15, -0.1) is 11.3 Å². The summed E-state index contributed by atoms with van der Waals surface area (Å²) in [5.41, 5.74) is 6.58. The first-order valence-electron chi connectivity index (χ1n) is 6.36. The number of fused-ring (bicyclic) bond motifs is 1. The SMILES string of the molecule is Nc1ccc(S(=O)(=O)NC2CCCc3sccc32)cn1. The summed E-state index contributed by atoms with van der Waals surface area (Å²) in [6, 6.07) is 4.83. The highest BCUT2D eigenvalue weighted by atomic mass is 32.2. The lowest BCUT2D eigenvalue weighted by atomic mass is 9.95. The minimum absolute atomic E-state index is 0.146. The van der Waals surface area contributed by atoms with Crippen LogP contribution in [-0.4, -0.2) is 13.4 Å². The minimum Gasteiger partial charge on any atom is -0.384 e. The first-order valence-corrected chi connectivity index (χ1v) is 8.73. The van der Waals surface area contributed by atoms with Gasteiger partial charge in [0.05, 0.1) is 0 Å². The molecule has 0 saturated carbocycles. The first-order chi connectivity index (χ1) is 9.56. The van der Waals surface area contributed by atoms with Crippen LogP contribution >= 0.6 is 11.3 Å². The Balaban J connectivity index is 1.86. The van der Waals surface area contributed by atoms with Crippen LogP contribution in [0.1, 0.15) is 29.3 Å². The van der Waals surface area contributed by atoms with Crippen molar-refractivity contribution in [2.75, 3.05) is 5.73 Å². The van der Waals surface area contributed by atoms with Crippen LogP contribution in [0.4, 0.5) is 5.82 Å². The molecule has 7 heteroatoms. The van der Waals surface area contributed by atoms with E-state index >= 15 is 0 Å². The van der Waals surface area contributed by atoms with Crippen LogP contribution in [0.3, 0.4) is 0 Å². The van der Waals surface area contributed by atoms with Gasteiger partial charge < -0.3 is 5.73 Å². The van der Waals surface area contributed by atoms with Gasteiger partial charge in [-0.1, -0.05) is 0 Å². The molecule has 0 spiro atoms. The Hall–Kier alpha value is -1.44. The van der Waals surface area contributed by atoms with Crippen LogP contribution in [0.2, 0.25) is 0 Å². The Labute approximate surface area is 121 Å². The van der Waals surface area contributed by atoms with Crippen molar-refractivity contribution in [2.24, 2.45) is 0 Å². The van der Waals surface area contributed by atoms with Gasteiger partial charge in [-0.05, 0) is 48.4 Å². The van der Waals surface area contributed by atoms with E-state index in [1.807, 2.05) is 11.4 Å². The standard InChI is InChI=1S/C13H15N3O2S2/c14-13-5-4-9(8-15-13)20(17,18)16-11-2-1-3-12-10(11)6-7-19-12/h4-8,11,16H,1-3H2,(H2,14,15). The first kappa shape index (κ1) is 13.5. The molecule has 0 radical (unpaired) electrons. The Morgan fingerprint density at radius 2 is 2.20 bits per heavy atom. The lowest BCUT2D eigenvalue weighted by Gasteiger charge is -2.23. The van der Waals surface area contributed by atoms with Crippen molar-refractivity contribution in [2.45, 2.75) is 30.2 Å². The number of sulfonamides is 1. The predicted molar refractivity (Wildman–Crippen MR) is 79.0 cm³/mol. The van der Waals surface area contributed by atoms with Crippen molar-refractivity contribution in [3.63, 3.8) is 0 Å². The van der Waals surface area contributed by atoms with E-state index in [1.54, 1.807) is 11.3 Å². The summed E-state index contributed by atoms with van der Waals surface area (Å²) >= 11 is 1.69. The zero-order valence-corrected chi connectivity index (χ0v) is 12.4. The van der Waals surface area contributed by atoms with Gasteiger partial charge in [0, 0.05) is 17.1 Å². The summed E-state index contributed by atoms with van der Waals surface area (Å²) in [6.07, 6.45) is 4.15. The normalized spacial score (nSPS) is 18.7. The average Bonchev–Trinajstić information content (AvgIpc) is 2.88. The van der Waals surface area contributed by atoms with Gasteiger partial charge in [0.25, 0.3) is 0 Å². The minimum atomic E-state index is -3.56. The summed E-state index contributed by atoms with van der Waals surface area (Å²) in [5.74, 6) is 0.307. The quantitative estimate of drug-likeness (QED) is 0.909. The molecule has 3 rings (SSSR count). The predicted octanol–water partition coefficient (Wildman–Crippen LogP) is 2.08. The van der Waals surface area contributed by atoms with E-state index in [1.165, 1.54) is 23.2 Å². The molecule has 2 heterocycles. The Kier molecular flexibility index (Phi) is 3.49. The number of nitrogens with one attached hydrogen (secondary N) is 1. The van der Waals surface area contributed by atoms with Crippen molar-refractivity contribution < 1.29 is 8.42 Å². The highest BCUT2D eigenvalue weighted by Gasteiger charge is 2.26. The van der Waals surface area contributed by atoms with Gasteiger partial charge in [-0.25, -0.2) is 18.1 Å². The molecule has 20 heavy (non-hydrogen) atoms. The molecule has 1 unspecified atom stereocenters. The zero-order chi connectivity index (χ0) is 14.2. The van der Waals surface area contributed by atoms with E-state index in [0.717, 1.165) is 24.8 Å². The van der Waals surface area contributed by atoms with Crippen LogP contribution < -0.4 is 10.5 Å². The van der Waals surface area contributed by atoms with Gasteiger partial charge in [0.2, 0.25) is 10.0 Å². The largest absolute Gasteiger partial charge is 0.384 e. The summed E-state index contributed by atoms with van der Waals surface area (Å²) in [7, 11) is -3.56. The number of nitrogens with zero attached hydrogens (tertiary/aromatic N) is 1. The highest BCUT2D eigenvalue weighted by Crippen LogP contribution is 2.34. The fourth-order valence-electron chi connectivity index (χ4n) is 2.41. The smallest absolute Gasteiger partial charge is 0.242 e. The molecule has 0 aromatic carbocycles. The molecule has 3 N–H and O–H groups in total. The van der Waals surface area contributed by atoms with E-state index in [4.69, 9.17) is 5.73 Å². The molecule has 0 bridgehead atoms. The third-order valence-electron chi connectivity index (χ3n) is 3.42. The average molecular weight is 309 g/mol. The van der Waals surface area contributed by atoms with Crippen molar-refractivity contribution in [3.05, 3.63) is 40.2 Å². The van der Waals surface area contributed by atoms with Gasteiger partial charge in [0.15, 0.2) is 0 Å². The lowest BCUT2D eigenvalue weighted by molar-refractivity contribution is 0.511. The van der Waals surface area contributed by atoms with Crippen LogP contribution in [0, 0.1) is 0 Å². The zero-order valence-electron chi connectivity index (χ0n) is 10.7. The number of aryl methyl sites for hydroxylation is 1. The fraction of sp³-hybridized carbons (Fsp3) is 0.308. The second kappa shape index (κ2) is 5.16. The Morgan fingerprint density at radius 3 is 2.95 bits per heavy atom. The summed E-state index contributed by atoms with van der Waals surface area (Å²) < 4.78 is 27.5. The molecule has 2 aromatic rings. The number of hydrogen-bond donors (Lipinski definition) is 2. The molecule has 0 aliphatic heterocycles. The van der Waals surface area contributed by atoms with Crippen molar-refractivity contribution in [1.82, 2.24) is 9.71 Å². The molecule has 106 valence electrons. The molecule has 2 aromatic heterocycles. The molecule has 1 atom stereocenters. The number of aromatic nitrogens is 1. The summed E-state index contributed by atoms with van der Waals surface area (Å²) in [6.45, 7) is 0. The highest BCUT2D eigenvalue weighted by molar-refractivity contribution is 7.89. The third kappa shape index (κ3) is 2.56. The Morgan fingerprint density at radius 1 is 1.35 bits per heavy atom. The molecule has 0 fully saturated rings. The number of nitrogen functional groups attached to an aromatic ring is 1. The number of rotatable bonds is 3. The molecular weight excluding hydrogens is 294 g/mol. The van der Waals surface area contributed by atoms with Gasteiger partial charge in [-0.3, -0.25) is 0 Å². The van der Waals surface area contributed by atoms with Crippen molar-refractivity contribution in [3.8, 4) is 0 Å². The topological polar surface area (TPSA) is 85.1 Å². The number of pyridine rings is 1. The van der Waals surface area contributed by atoms with Crippen LogP contribution in [-0.2, 0) is 16.4 Å². The molecule has 1 aliphatic rings. The maximum Gasteiger partial charge on any atom is 0.242 e. The lowest BCUT2D eigenvalue weighted by Crippen LogP contribution is -2.30. The Bertz CT molecular complexity index is 707. The number of hydrogen-bond acceptors (Lipinski definition) is 5. The molecule has 1 aliphatic carbocycles. The number of thiophene rings is 1. The van der Waals surface area contributed by atoms with Crippen molar-refractivity contribution >= 4 is 27.2 Å². The summed E-state index contributed by atoms with van der Waals surface area (Å²) in [4.78, 5) is 5.26. The van der Waals surface area contributed by atoms with Gasteiger partial charge >= 0.3 is 0 Å². The molecule has 5 nitrogen and oxygen atoms in total. The second-order valence-electron chi connectivity index (χ2n) is 4.78. The number of anilines is 1. The van der Waals surface area contributed by atoms with Crippen LogP contribution in [0.5, 0.6) is 0 Å². The second-order valence-corrected chi connectivity index (χ2v) is 7.50. The maximum atomic E-state index is 12.4. The molecule has 0 amide bonds. The molecular formula is C13H15N3O2S2. The van der Waals surface area contributed by atoms with E-state index in [2.05, 4.69) is 9.71 Å². The van der Waals surface area contributed by atoms with E-state index in [0.29, 0.717) is 5.82 Å². The number of nitrogens with two attached hydrogens (primary N) is 1.